The molecule has 3 aromatic rings. The number of allylic oxidation sites excluding steroid dienone is 1. The third kappa shape index (κ3) is 2.74. The van der Waals surface area contributed by atoms with Crippen molar-refractivity contribution >= 4 is 28.7 Å². The van der Waals surface area contributed by atoms with E-state index in [0.717, 1.165) is 46.4 Å². The number of nitrogens with zero attached hydrogens (tertiary/aromatic N) is 3. The van der Waals surface area contributed by atoms with E-state index >= 15 is 0 Å². The van der Waals surface area contributed by atoms with E-state index in [1.165, 1.54) is 11.3 Å². The van der Waals surface area contributed by atoms with Gasteiger partial charge in [-0.15, -0.1) is 5.53 Å². The van der Waals surface area contributed by atoms with Crippen LogP contribution in [0.15, 0.2) is 60.4 Å². The Bertz CT molecular complexity index is 1010. The molecule has 2 aliphatic rings. The molecule has 0 aliphatic carbocycles. The molecule has 0 saturated heterocycles. The summed E-state index contributed by atoms with van der Waals surface area (Å²) >= 11 is 6.11. The van der Waals surface area contributed by atoms with E-state index < -0.39 is 0 Å². The first-order valence-corrected chi connectivity index (χ1v) is 9.26. The molecule has 6 nitrogen and oxygen atoms in total. The molecule has 2 aromatic carbocycles. The molecule has 5 rings (SSSR count). The molecule has 0 spiro atoms. The summed E-state index contributed by atoms with van der Waals surface area (Å²) in [5.41, 5.74) is 14.4. The average Bonchev–Trinajstić information content (AvgIpc) is 3.30. The largest absolute Gasteiger partial charge is 0.339 e. The van der Waals surface area contributed by atoms with Gasteiger partial charge in [-0.1, -0.05) is 23.7 Å². The highest BCUT2D eigenvalue weighted by Crippen LogP contribution is 2.40. The number of H-pyrrole nitrogens is 1. The molecule has 0 saturated carbocycles. The number of halogens is 1. The van der Waals surface area contributed by atoms with Gasteiger partial charge in [-0.2, -0.15) is 5.10 Å². The Labute approximate surface area is 162 Å². The summed E-state index contributed by atoms with van der Waals surface area (Å²) in [7, 11) is 0. The van der Waals surface area contributed by atoms with Crippen LogP contribution in [0.2, 0.25) is 5.02 Å². The van der Waals surface area contributed by atoms with Crippen molar-refractivity contribution in [1.82, 2.24) is 26.2 Å². The average molecular weight is 379 g/mol. The minimum absolute atomic E-state index is 0.741. The minimum atomic E-state index is 0.741. The molecule has 0 unspecified atom stereocenters. The van der Waals surface area contributed by atoms with Crippen molar-refractivity contribution < 1.29 is 0 Å². The van der Waals surface area contributed by atoms with Gasteiger partial charge in [0.1, 0.15) is 0 Å². The molecule has 0 bridgehead atoms. The van der Waals surface area contributed by atoms with Crippen LogP contribution in [0.4, 0.5) is 11.4 Å². The Hall–Kier alpha value is -2.96. The van der Waals surface area contributed by atoms with E-state index in [4.69, 9.17) is 11.6 Å². The van der Waals surface area contributed by atoms with Crippen molar-refractivity contribution in [2.75, 3.05) is 18.0 Å². The topological polar surface area (TPSA) is 59.2 Å². The summed E-state index contributed by atoms with van der Waals surface area (Å²) in [4.78, 5) is 2.34. The van der Waals surface area contributed by atoms with Crippen LogP contribution in [-0.4, -0.2) is 28.3 Å². The van der Waals surface area contributed by atoms with Gasteiger partial charge < -0.3 is 10.3 Å². The van der Waals surface area contributed by atoms with E-state index in [1.54, 1.807) is 6.20 Å². The minimum Gasteiger partial charge on any atom is -0.339 e. The normalized spacial score (nSPS) is 16.1. The number of hydrogen-bond donors (Lipinski definition) is 3. The molecule has 0 fully saturated rings. The van der Waals surface area contributed by atoms with Crippen LogP contribution < -0.4 is 15.9 Å². The Kier molecular flexibility index (Phi) is 3.81. The van der Waals surface area contributed by atoms with E-state index in [1.807, 2.05) is 18.2 Å². The second-order valence-corrected chi connectivity index (χ2v) is 7.13. The molecular weight excluding hydrogens is 360 g/mol. The number of rotatable bonds is 2. The second kappa shape index (κ2) is 6.33. The van der Waals surface area contributed by atoms with Gasteiger partial charge in [0.05, 0.1) is 29.3 Å². The highest BCUT2D eigenvalue weighted by atomic mass is 35.5. The SMILES string of the molecule is CC1=C2c3ccc(-c4ccn[nH]4)cc3N(c3ccc(Cl)cc3)CCN2NN1. The number of hydrazine groups is 2. The number of fused-ring (bicyclic) bond motifs is 3. The van der Waals surface area contributed by atoms with Crippen molar-refractivity contribution in [3.63, 3.8) is 0 Å². The van der Waals surface area contributed by atoms with Crippen LogP contribution >= 0.6 is 11.6 Å². The number of nitrogens with one attached hydrogen (secondary N) is 3. The third-order valence-electron chi connectivity index (χ3n) is 5.04. The Balaban J connectivity index is 1.70. The fourth-order valence-electron chi connectivity index (χ4n) is 3.73. The molecule has 2 aliphatic heterocycles. The smallest absolute Gasteiger partial charge is 0.0832 e. The van der Waals surface area contributed by atoms with Gasteiger partial charge in [0, 0.05) is 34.6 Å². The van der Waals surface area contributed by atoms with Crippen molar-refractivity contribution in [3.8, 4) is 11.3 Å². The van der Waals surface area contributed by atoms with Crippen LogP contribution in [-0.2, 0) is 0 Å². The van der Waals surface area contributed by atoms with E-state index in [0.29, 0.717) is 0 Å². The Morgan fingerprint density at radius 1 is 1.04 bits per heavy atom. The van der Waals surface area contributed by atoms with E-state index in [-0.39, 0.29) is 0 Å². The van der Waals surface area contributed by atoms with Crippen molar-refractivity contribution in [2.24, 2.45) is 0 Å². The van der Waals surface area contributed by atoms with Gasteiger partial charge in [-0.05, 0) is 43.3 Å². The van der Waals surface area contributed by atoms with Crippen molar-refractivity contribution in [1.29, 1.82) is 0 Å². The zero-order valence-electron chi connectivity index (χ0n) is 14.8. The summed E-state index contributed by atoms with van der Waals surface area (Å²) in [6.07, 6.45) is 1.77. The fourth-order valence-corrected chi connectivity index (χ4v) is 3.86. The highest BCUT2D eigenvalue weighted by Gasteiger charge is 2.29. The van der Waals surface area contributed by atoms with Crippen LogP contribution in [0.25, 0.3) is 17.0 Å². The molecule has 27 heavy (non-hydrogen) atoms. The van der Waals surface area contributed by atoms with Gasteiger partial charge >= 0.3 is 0 Å². The van der Waals surface area contributed by atoms with Crippen molar-refractivity contribution in [2.45, 2.75) is 6.92 Å². The molecule has 7 heteroatoms. The standard InChI is InChI=1S/C20H19ClN6/c1-13-20-17-7-2-14(18-8-9-22-24-18)12-19(17)26(10-11-27(20)25-23-13)16-5-3-15(21)4-6-16/h2-9,12,23,25H,10-11H2,1H3,(H,22,24). The molecule has 0 radical (unpaired) electrons. The first kappa shape index (κ1) is 16.2. The first-order chi connectivity index (χ1) is 13.2. The van der Waals surface area contributed by atoms with Gasteiger partial charge in [-0.3, -0.25) is 10.1 Å². The number of aromatic nitrogens is 2. The maximum atomic E-state index is 6.11. The number of benzene rings is 2. The third-order valence-corrected chi connectivity index (χ3v) is 5.30. The quantitative estimate of drug-likeness (QED) is 0.631. The van der Waals surface area contributed by atoms with E-state index in [9.17, 15) is 0 Å². The Morgan fingerprint density at radius 3 is 2.67 bits per heavy atom. The molecule has 1 aromatic heterocycles. The molecule has 0 amide bonds. The van der Waals surface area contributed by atoms with Gasteiger partial charge in [0.2, 0.25) is 0 Å². The van der Waals surface area contributed by atoms with Crippen LogP contribution in [0, 0.1) is 0 Å². The molecule has 3 heterocycles. The first-order valence-electron chi connectivity index (χ1n) is 8.88. The van der Waals surface area contributed by atoms with Gasteiger partial charge in [-0.25, -0.2) is 0 Å². The zero-order valence-corrected chi connectivity index (χ0v) is 15.6. The zero-order chi connectivity index (χ0) is 18.4. The van der Waals surface area contributed by atoms with Crippen molar-refractivity contribution in [3.05, 3.63) is 71.0 Å². The lowest BCUT2D eigenvalue weighted by atomic mass is 10.0. The monoisotopic (exact) mass is 378 g/mol. The summed E-state index contributed by atoms with van der Waals surface area (Å²) in [6.45, 7) is 3.77. The molecule has 136 valence electrons. The van der Waals surface area contributed by atoms with Gasteiger partial charge in [0.25, 0.3) is 0 Å². The predicted octanol–water partition coefficient (Wildman–Crippen LogP) is 3.90. The number of anilines is 2. The highest BCUT2D eigenvalue weighted by molar-refractivity contribution is 6.30. The second-order valence-electron chi connectivity index (χ2n) is 6.69. The summed E-state index contributed by atoms with van der Waals surface area (Å²) in [6, 6.07) is 16.5. The number of aromatic amines is 1. The summed E-state index contributed by atoms with van der Waals surface area (Å²) in [5, 5.41) is 10.1. The molecule has 3 N–H and O–H groups in total. The summed E-state index contributed by atoms with van der Waals surface area (Å²) < 4.78 is 0. The Morgan fingerprint density at radius 2 is 1.89 bits per heavy atom. The lowest BCUT2D eigenvalue weighted by Crippen LogP contribution is -2.40. The lowest BCUT2D eigenvalue weighted by molar-refractivity contribution is 0.294. The van der Waals surface area contributed by atoms with Crippen LogP contribution in [0.1, 0.15) is 12.5 Å². The summed E-state index contributed by atoms with van der Waals surface area (Å²) in [5.74, 6) is 0. The fraction of sp³-hybridized carbons (Fsp3) is 0.150. The number of hydrogen-bond acceptors (Lipinski definition) is 5. The van der Waals surface area contributed by atoms with Crippen LogP contribution in [0.5, 0.6) is 0 Å². The molecule has 0 atom stereocenters. The predicted molar refractivity (Wildman–Crippen MR) is 108 cm³/mol. The van der Waals surface area contributed by atoms with Gasteiger partial charge in [0.15, 0.2) is 0 Å². The van der Waals surface area contributed by atoms with Crippen LogP contribution in [0.3, 0.4) is 0 Å². The molecular formula is C20H19ClN6. The van der Waals surface area contributed by atoms with E-state index in [2.05, 4.69) is 68.3 Å². The maximum Gasteiger partial charge on any atom is 0.0832 e. The maximum absolute atomic E-state index is 6.11. The lowest BCUT2D eigenvalue weighted by Gasteiger charge is -2.25.